The molecule has 1 aromatic heterocycles. The maximum Gasteiger partial charge on any atom is 0.330 e. The SMILES string of the molecule is CCc1ccc([C@H](N)C(=O)OC)o1. The van der Waals surface area contributed by atoms with Gasteiger partial charge < -0.3 is 14.9 Å². The molecule has 13 heavy (non-hydrogen) atoms. The van der Waals surface area contributed by atoms with Gasteiger partial charge in [-0.15, -0.1) is 0 Å². The second-order valence-electron chi connectivity index (χ2n) is 2.66. The minimum absolute atomic E-state index is 0.448. The molecular weight excluding hydrogens is 170 g/mol. The predicted octanol–water partition coefficient (Wildman–Crippen LogP) is 1.01. The van der Waals surface area contributed by atoms with E-state index in [0.717, 1.165) is 12.2 Å². The average molecular weight is 183 g/mol. The highest BCUT2D eigenvalue weighted by Gasteiger charge is 2.19. The van der Waals surface area contributed by atoms with Gasteiger partial charge in [-0.05, 0) is 12.1 Å². The predicted molar refractivity (Wildman–Crippen MR) is 47.0 cm³/mol. The Hall–Kier alpha value is -1.29. The van der Waals surface area contributed by atoms with Gasteiger partial charge in [0.25, 0.3) is 0 Å². The molecule has 2 N–H and O–H groups in total. The molecule has 0 spiro atoms. The van der Waals surface area contributed by atoms with Crippen molar-refractivity contribution in [2.75, 3.05) is 7.11 Å². The first-order valence-corrected chi connectivity index (χ1v) is 4.11. The Kier molecular flexibility index (Phi) is 3.08. The molecular formula is C9H13NO3. The summed E-state index contributed by atoms with van der Waals surface area (Å²) in [4.78, 5) is 11.0. The van der Waals surface area contributed by atoms with E-state index < -0.39 is 12.0 Å². The van der Waals surface area contributed by atoms with E-state index >= 15 is 0 Å². The summed E-state index contributed by atoms with van der Waals surface area (Å²) in [5.74, 6) is 0.773. The number of esters is 1. The molecule has 1 rings (SSSR count). The average Bonchev–Trinajstić information content (AvgIpc) is 2.63. The minimum Gasteiger partial charge on any atom is -0.468 e. The molecule has 1 aromatic rings. The van der Waals surface area contributed by atoms with Crippen LogP contribution in [0.4, 0.5) is 0 Å². The minimum atomic E-state index is -0.815. The van der Waals surface area contributed by atoms with Crippen molar-refractivity contribution in [1.29, 1.82) is 0 Å². The van der Waals surface area contributed by atoms with Crippen LogP contribution in [0.25, 0.3) is 0 Å². The molecule has 0 aliphatic heterocycles. The monoisotopic (exact) mass is 183 g/mol. The van der Waals surface area contributed by atoms with Gasteiger partial charge in [0.1, 0.15) is 11.5 Å². The Bertz CT molecular complexity index is 293. The van der Waals surface area contributed by atoms with Crippen LogP contribution in [0.1, 0.15) is 24.5 Å². The smallest absolute Gasteiger partial charge is 0.330 e. The number of carbonyl (C=O) groups excluding carboxylic acids is 1. The van der Waals surface area contributed by atoms with Crippen molar-refractivity contribution in [2.45, 2.75) is 19.4 Å². The Morgan fingerprint density at radius 1 is 1.69 bits per heavy atom. The maximum atomic E-state index is 11.0. The molecule has 0 saturated carbocycles. The summed E-state index contributed by atoms with van der Waals surface area (Å²) in [5, 5.41) is 0. The number of furan rings is 1. The van der Waals surface area contributed by atoms with E-state index in [0.29, 0.717) is 5.76 Å². The van der Waals surface area contributed by atoms with Gasteiger partial charge in [-0.25, -0.2) is 4.79 Å². The molecule has 4 heteroatoms. The number of hydrogen-bond acceptors (Lipinski definition) is 4. The standard InChI is InChI=1S/C9H13NO3/c1-3-6-4-5-7(13-6)8(10)9(11)12-2/h4-5,8H,3,10H2,1-2H3/t8-/m0/s1. The third kappa shape index (κ3) is 2.09. The molecule has 4 nitrogen and oxygen atoms in total. The van der Waals surface area contributed by atoms with E-state index in [1.807, 2.05) is 6.92 Å². The van der Waals surface area contributed by atoms with Crippen LogP contribution in [-0.2, 0) is 16.0 Å². The number of methoxy groups -OCH3 is 1. The van der Waals surface area contributed by atoms with Crippen molar-refractivity contribution in [2.24, 2.45) is 5.73 Å². The topological polar surface area (TPSA) is 65.5 Å². The van der Waals surface area contributed by atoms with Crippen LogP contribution in [0, 0.1) is 0 Å². The van der Waals surface area contributed by atoms with Crippen LogP contribution in [-0.4, -0.2) is 13.1 Å². The highest BCUT2D eigenvalue weighted by atomic mass is 16.5. The largest absolute Gasteiger partial charge is 0.468 e. The number of aryl methyl sites for hydroxylation is 1. The highest BCUT2D eigenvalue weighted by molar-refractivity contribution is 5.76. The highest BCUT2D eigenvalue weighted by Crippen LogP contribution is 2.15. The molecule has 1 heterocycles. The molecule has 0 saturated heterocycles. The van der Waals surface area contributed by atoms with E-state index in [-0.39, 0.29) is 0 Å². The van der Waals surface area contributed by atoms with Crippen molar-refractivity contribution in [1.82, 2.24) is 0 Å². The van der Waals surface area contributed by atoms with Gasteiger partial charge in [0.05, 0.1) is 7.11 Å². The Labute approximate surface area is 76.7 Å². The first kappa shape index (κ1) is 9.80. The van der Waals surface area contributed by atoms with Crippen LogP contribution in [0.15, 0.2) is 16.5 Å². The van der Waals surface area contributed by atoms with Gasteiger partial charge in [-0.2, -0.15) is 0 Å². The van der Waals surface area contributed by atoms with E-state index in [1.165, 1.54) is 7.11 Å². The lowest BCUT2D eigenvalue weighted by Crippen LogP contribution is -2.21. The normalized spacial score (nSPS) is 12.5. The molecule has 0 bridgehead atoms. The number of ether oxygens (including phenoxy) is 1. The summed E-state index contributed by atoms with van der Waals surface area (Å²) >= 11 is 0. The fourth-order valence-corrected chi connectivity index (χ4v) is 0.995. The second-order valence-corrected chi connectivity index (χ2v) is 2.66. The van der Waals surface area contributed by atoms with Gasteiger partial charge in [-0.1, -0.05) is 6.92 Å². The van der Waals surface area contributed by atoms with Gasteiger partial charge in [0.2, 0.25) is 0 Å². The fraction of sp³-hybridized carbons (Fsp3) is 0.444. The van der Waals surface area contributed by atoms with Crippen molar-refractivity contribution in [3.05, 3.63) is 23.7 Å². The van der Waals surface area contributed by atoms with Crippen LogP contribution >= 0.6 is 0 Å². The Morgan fingerprint density at radius 2 is 2.38 bits per heavy atom. The van der Waals surface area contributed by atoms with Gasteiger partial charge >= 0.3 is 5.97 Å². The number of hydrogen-bond donors (Lipinski definition) is 1. The zero-order valence-corrected chi connectivity index (χ0v) is 7.74. The number of rotatable bonds is 3. The lowest BCUT2D eigenvalue weighted by Gasteiger charge is -2.04. The molecule has 0 radical (unpaired) electrons. The van der Waals surface area contributed by atoms with Crippen molar-refractivity contribution in [3.8, 4) is 0 Å². The summed E-state index contributed by atoms with van der Waals surface area (Å²) in [7, 11) is 1.30. The zero-order chi connectivity index (χ0) is 9.84. The molecule has 1 atom stereocenters. The summed E-state index contributed by atoms with van der Waals surface area (Å²) in [6.45, 7) is 1.96. The van der Waals surface area contributed by atoms with Gasteiger partial charge in [-0.3, -0.25) is 0 Å². The lowest BCUT2D eigenvalue weighted by molar-refractivity contribution is -0.142. The number of carbonyl (C=O) groups is 1. The first-order chi connectivity index (χ1) is 6.19. The van der Waals surface area contributed by atoms with Crippen LogP contribution in [0.2, 0.25) is 0 Å². The fourth-order valence-electron chi connectivity index (χ4n) is 0.995. The third-order valence-electron chi connectivity index (χ3n) is 1.79. The lowest BCUT2D eigenvalue weighted by atomic mass is 10.2. The van der Waals surface area contributed by atoms with Crippen molar-refractivity contribution < 1.29 is 13.9 Å². The molecule has 0 aliphatic rings. The van der Waals surface area contributed by atoms with Crippen molar-refractivity contribution in [3.63, 3.8) is 0 Å². The summed E-state index contributed by atoms with van der Waals surface area (Å²) in [5.41, 5.74) is 5.55. The molecule has 0 aliphatic carbocycles. The zero-order valence-electron chi connectivity index (χ0n) is 7.74. The first-order valence-electron chi connectivity index (χ1n) is 4.11. The summed E-state index contributed by atoms with van der Waals surface area (Å²) in [6.07, 6.45) is 0.786. The van der Waals surface area contributed by atoms with E-state index in [1.54, 1.807) is 12.1 Å². The summed E-state index contributed by atoms with van der Waals surface area (Å²) in [6, 6.07) is 2.68. The van der Waals surface area contributed by atoms with Crippen LogP contribution in [0.5, 0.6) is 0 Å². The second kappa shape index (κ2) is 4.09. The Balaban J connectivity index is 2.76. The molecule has 0 unspecified atom stereocenters. The molecule has 72 valence electrons. The van der Waals surface area contributed by atoms with Crippen molar-refractivity contribution >= 4 is 5.97 Å². The van der Waals surface area contributed by atoms with E-state index in [9.17, 15) is 4.79 Å². The molecule has 0 aromatic carbocycles. The maximum absolute atomic E-state index is 11.0. The van der Waals surface area contributed by atoms with Crippen LogP contribution in [0.3, 0.4) is 0 Å². The molecule has 0 amide bonds. The van der Waals surface area contributed by atoms with Crippen LogP contribution < -0.4 is 5.73 Å². The van der Waals surface area contributed by atoms with E-state index in [4.69, 9.17) is 10.2 Å². The molecule has 0 fully saturated rings. The van der Waals surface area contributed by atoms with E-state index in [2.05, 4.69) is 4.74 Å². The van der Waals surface area contributed by atoms with Gasteiger partial charge in [0, 0.05) is 6.42 Å². The van der Waals surface area contributed by atoms with Gasteiger partial charge in [0.15, 0.2) is 6.04 Å². The summed E-state index contributed by atoms with van der Waals surface area (Å²) < 4.78 is 9.78. The quantitative estimate of drug-likeness (QED) is 0.710. The third-order valence-corrected chi connectivity index (χ3v) is 1.79. The Morgan fingerprint density at radius 3 is 2.85 bits per heavy atom. The number of nitrogens with two attached hydrogens (primary N) is 1.